The maximum absolute atomic E-state index is 13.3. The fourth-order valence-electron chi connectivity index (χ4n) is 3.36. The molecule has 0 N–H and O–H groups in total. The molecule has 2 heterocycles. The Balaban J connectivity index is 1.88. The van der Waals surface area contributed by atoms with Crippen molar-refractivity contribution in [3.05, 3.63) is 63.6 Å². The number of nitrogens with zero attached hydrogens (tertiary/aromatic N) is 2. The number of rotatable bonds is 2. The molecular formula is C22H21BrN2O2. The molecule has 0 spiro atoms. The number of hydrogen-bond acceptors (Lipinski definition) is 3. The fraction of sp³-hybridized carbons (Fsp3) is 0.273. The molecule has 3 aromatic rings. The van der Waals surface area contributed by atoms with Gasteiger partial charge in [-0.05, 0) is 55.3 Å². The molecule has 0 atom stereocenters. The quantitative estimate of drug-likeness (QED) is 0.595. The number of carbonyl (C=O) groups is 1. The summed E-state index contributed by atoms with van der Waals surface area (Å²) in [6.07, 6.45) is 0. The summed E-state index contributed by atoms with van der Waals surface area (Å²) in [6, 6.07) is 14.1. The van der Waals surface area contributed by atoms with Crippen LogP contribution in [0.25, 0.3) is 22.2 Å². The van der Waals surface area contributed by atoms with E-state index in [0.717, 1.165) is 26.6 Å². The van der Waals surface area contributed by atoms with Gasteiger partial charge in [0.25, 0.3) is 5.91 Å². The molecule has 0 aliphatic carbocycles. The molecule has 1 saturated heterocycles. The number of carbonyl (C=O) groups excluding carboxylic acids is 1. The Hall–Kier alpha value is -2.24. The number of morpholine rings is 1. The zero-order valence-corrected chi connectivity index (χ0v) is 17.0. The van der Waals surface area contributed by atoms with E-state index in [9.17, 15) is 4.79 Å². The molecule has 0 bridgehead atoms. The molecule has 1 aliphatic heterocycles. The predicted molar refractivity (Wildman–Crippen MR) is 111 cm³/mol. The normalized spacial score (nSPS) is 14.6. The van der Waals surface area contributed by atoms with Crippen LogP contribution >= 0.6 is 15.9 Å². The van der Waals surface area contributed by atoms with Crippen LogP contribution in [0.3, 0.4) is 0 Å². The van der Waals surface area contributed by atoms with E-state index >= 15 is 0 Å². The molecule has 1 aromatic heterocycles. The van der Waals surface area contributed by atoms with E-state index in [0.29, 0.717) is 31.9 Å². The summed E-state index contributed by atoms with van der Waals surface area (Å²) >= 11 is 3.52. The molecule has 2 aromatic carbocycles. The fourth-order valence-corrected chi connectivity index (χ4v) is 3.72. The van der Waals surface area contributed by atoms with Gasteiger partial charge in [0, 0.05) is 28.5 Å². The van der Waals surface area contributed by atoms with E-state index in [2.05, 4.69) is 48.0 Å². The Labute approximate surface area is 167 Å². The van der Waals surface area contributed by atoms with Crippen molar-refractivity contribution in [1.82, 2.24) is 9.88 Å². The van der Waals surface area contributed by atoms with Gasteiger partial charge < -0.3 is 9.64 Å². The summed E-state index contributed by atoms with van der Waals surface area (Å²) in [5.74, 6) is 0.0360. The van der Waals surface area contributed by atoms with Crippen LogP contribution in [0.2, 0.25) is 0 Å². The average molecular weight is 425 g/mol. The lowest BCUT2D eigenvalue weighted by Crippen LogP contribution is -2.40. The SMILES string of the molecule is Cc1ccc(-c2cc(C(=O)N3CCOCC3)c3cc(Br)ccc3n2)cc1C. The minimum absolute atomic E-state index is 0.0360. The van der Waals surface area contributed by atoms with Gasteiger partial charge in [0.15, 0.2) is 0 Å². The minimum atomic E-state index is 0.0360. The van der Waals surface area contributed by atoms with Crippen molar-refractivity contribution < 1.29 is 9.53 Å². The summed E-state index contributed by atoms with van der Waals surface area (Å²) in [5.41, 5.74) is 5.82. The molecule has 4 nitrogen and oxygen atoms in total. The lowest BCUT2D eigenvalue weighted by atomic mass is 10.00. The first-order chi connectivity index (χ1) is 13.0. The van der Waals surface area contributed by atoms with Gasteiger partial charge in [0.2, 0.25) is 0 Å². The summed E-state index contributed by atoms with van der Waals surface area (Å²) in [6.45, 7) is 6.60. The molecule has 0 saturated carbocycles. The van der Waals surface area contributed by atoms with Crippen LogP contribution in [0.4, 0.5) is 0 Å². The minimum Gasteiger partial charge on any atom is -0.378 e. The van der Waals surface area contributed by atoms with E-state index in [4.69, 9.17) is 9.72 Å². The van der Waals surface area contributed by atoms with Crippen molar-refractivity contribution in [3.63, 3.8) is 0 Å². The van der Waals surface area contributed by atoms with E-state index < -0.39 is 0 Å². The number of hydrogen-bond donors (Lipinski definition) is 0. The Morgan fingerprint density at radius 3 is 2.56 bits per heavy atom. The van der Waals surface area contributed by atoms with Crippen LogP contribution in [0.1, 0.15) is 21.5 Å². The highest BCUT2D eigenvalue weighted by Gasteiger charge is 2.22. The van der Waals surface area contributed by atoms with E-state index in [-0.39, 0.29) is 5.91 Å². The molecule has 0 radical (unpaired) electrons. The second-order valence-corrected chi connectivity index (χ2v) is 7.84. The van der Waals surface area contributed by atoms with Crippen molar-refractivity contribution in [2.75, 3.05) is 26.3 Å². The van der Waals surface area contributed by atoms with Crippen LogP contribution in [0, 0.1) is 13.8 Å². The third kappa shape index (κ3) is 3.62. The zero-order chi connectivity index (χ0) is 19.0. The molecule has 138 valence electrons. The largest absolute Gasteiger partial charge is 0.378 e. The van der Waals surface area contributed by atoms with Crippen molar-refractivity contribution in [3.8, 4) is 11.3 Å². The summed E-state index contributed by atoms with van der Waals surface area (Å²) in [7, 11) is 0. The van der Waals surface area contributed by atoms with E-state index in [1.54, 1.807) is 0 Å². The first kappa shape index (κ1) is 18.1. The highest BCUT2D eigenvalue weighted by atomic mass is 79.9. The number of fused-ring (bicyclic) bond motifs is 1. The highest BCUT2D eigenvalue weighted by molar-refractivity contribution is 9.10. The smallest absolute Gasteiger partial charge is 0.254 e. The molecule has 1 aliphatic rings. The Kier molecular flexibility index (Phi) is 4.98. The summed E-state index contributed by atoms with van der Waals surface area (Å²) in [4.78, 5) is 20.0. The topological polar surface area (TPSA) is 42.4 Å². The van der Waals surface area contributed by atoms with Crippen LogP contribution in [-0.4, -0.2) is 42.1 Å². The maximum Gasteiger partial charge on any atom is 0.254 e. The van der Waals surface area contributed by atoms with Crippen molar-refractivity contribution >= 4 is 32.7 Å². The second kappa shape index (κ2) is 7.41. The van der Waals surface area contributed by atoms with Crippen LogP contribution in [0.15, 0.2) is 46.9 Å². The molecule has 4 rings (SSSR count). The maximum atomic E-state index is 13.3. The number of amides is 1. The number of aryl methyl sites for hydroxylation is 2. The van der Waals surface area contributed by atoms with Gasteiger partial charge >= 0.3 is 0 Å². The molecule has 27 heavy (non-hydrogen) atoms. The van der Waals surface area contributed by atoms with Crippen LogP contribution < -0.4 is 0 Å². The third-order valence-corrected chi connectivity index (χ3v) is 5.60. The first-order valence-electron chi connectivity index (χ1n) is 9.08. The van der Waals surface area contributed by atoms with E-state index in [1.165, 1.54) is 11.1 Å². The third-order valence-electron chi connectivity index (χ3n) is 5.10. The summed E-state index contributed by atoms with van der Waals surface area (Å²) < 4.78 is 6.33. The number of halogens is 1. The van der Waals surface area contributed by atoms with Crippen LogP contribution in [0.5, 0.6) is 0 Å². The van der Waals surface area contributed by atoms with E-state index in [1.807, 2.05) is 29.2 Å². The van der Waals surface area contributed by atoms with Gasteiger partial charge in [-0.25, -0.2) is 4.98 Å². The highest BCUT2D eigenvalue weighted by Crippen LogP contribution is 2.29. The lowest BCUT2D eigenvalue weighted by molar-refractivity contribution is 0.0304. The van der Waals surface area contributed by atoms with Gasteiger partial charge in [-0.2, -0.15) is 0 Å². The standard InChI is InChI=1S/C22H21BrN2O2/c1-14-3-4-16(11-15(14)2)21-13-19(22(26)25-7-9-27-10-8-25)18-12-17(23)5-6-20(18)24-21/h3-6,11-13H,7-10H2,1-2H3. The Morgan fingerprint density at radius 2 is 1.81 bits per heavy atom. The molecule has 1 amide bonds. The predicted octanol–water partition coefficient (Wildman–Crippen LogP) is 4.75. The lowest BCUT2D eigenvalue weighted by Gasteiger charge is -2.27. The molecule has 1 fully saturated rings. The Morgan fingerprint density at radius 1 is 1.04 bits per heavy atom. The first-order valence-corrected chi connectivity index (χ1v) is 9.87. The van der Waals surface area contributed by atoms with Gasteiger partial charge in [0.1, 0.15) is 0 Å². The van der Waals surface area contributed by atoms with Crippen LogP contribution in [-0.2, 0) is 4.74 Å². The second-order valence-electron chi connectivity index (χ2n) is 6.92. The molecule has 0 unspecified atom stereocenters. The van der Waals surface area contributed by atoms with Gasteiger partial charge in [-0.15, -0.1) is 0 Å². The van der Waals surface area contributed by atoms with Crippen molar-refractivity contribution in [2.24, 2.45) is 0 Å². The van der Waals surface area contributed by atoms with Gasteiger partial charge in [-0.3, -0.25) is 4.79 Å². The summed E-state index contributed by atoms with van der Waals surface area (Å²) in [5, 5.41) is 0.869. The number of pyridine rings is 1. The number of benzene rings is 2. The average Bonchev–Trinajstić information content (AvgIpc) is 2.69. The van der Waals surface area contributed by atoms with Gasteiger partial charge in [0.05, 0.1) is 30.0 Å². The number of ether oxygens (including phenoxy) is 1. The molecular weight excluding hydrogens is 404 g/mol. The monoisotopic (exact) mass is 424 g/mol. The number of aromatic nitrogens is 1. The van der Waals surface area contributed by atoms with Crippen molar-refractivity contribution in [2.45, 2.75) is 13.8 Å². The van der Waals surface area contributed by atoms with Crippen molar-refractivity contribution in [1.29, 1.82) is 0 Å². The van der Waals surface area contributed by atoms with Gasteiger partial charge in [-0.1, -0.05) is 28.1 Å². The Bertz CT molecular complexity index is 1030. The molecule has 5 heteroatoms. The zero-order valence-electron chi connectivity index (χ0n) is 15.5.